The molecule has 0 heterocycles. The summed E-state index contributed by atoms with van der Waals surface area (Å²) in [5, 5.41) is 0. The van der Waals surface area contributed by atoms with E-state index in [1.54, 1.807) is 0 Å². The van der Waals surface area contributed by atoms with E-state index in [1.165, 1.54) is 35.7 Å². The van der Waals surface area contributed by atoms with Gasteiger partial charge in [0.05, 0.1) is 16.4 Å². The number of hydrogen-bond donors (Lipinski definition) is 1. The maximum Gasteiger partial charge on any atom is 0.243 e. The van der Waals surface area contributed by atoms with E-state index in [1.807, 2.05) is 13.8 Å². The first kappa shape index (κ1) is 21.0. The summed E-state index contributed by atoms with van der Waals surface area (Å²) in [7, 11) is -5.81. The molecule has 0 aliphatic carbocycles. The average Bonchev–Trinajstić information content (AvgIpc) is 2.55. The van der Waals surface area contributed by atoms with Gasteiger partial charge in [-0.05, 0) is 37.1 Å². The monoisotopic (exact) mass is 378 g/mol. The zero-order chi connectivity index (χ0) is 18.2. The van der Waals surface area contributed by atoms with Crippen LogP contribution >= 0.6 is 0 Å². The molecule has 0 unspecified atom stereocenters. The molecule has 0 saturated heterocycles. The predicted molar refractivity (Wildman–Crippen MR) is 92.8 cm³/mol. The summed E-state index contributed by atoms with van der Waals surface area (Å²) in [6.45, 7) is 5.12. The van der Waals surface area contributed by atoms with Crippen molar-refractivity contribution in [3.8, 4) is 0 Å². The number of sulfonamides is 2. The number of benzene rings is 1. The molecule has 0 atom stereocenters. The highest BCUT2D eigenvalue weighted by atomic mass is 32.2. The van der Waals surface area contributed by atoms with Crippen LogP contribution in [-0.4, -0.2) is 54.5 Å². The highest BCUT2D eigenvalue weighted by Crippen LogP contribution is 2.19. The lowest BCUT2D eigenvalue weighted by Gasteiger charge is -2.21. The summed E-state index contributed by atoms with van der Waals surface area (Å²) < 4.78 is 58.0. The molecule has 0 bridgehead atoms. The summed E-state index contributed by atoms with van der Waals surface area (Å²) in [4.78, 5) is 0.121. The van der Waals surface area contributed by atoms with E-state index in [2.05, 4.69) is 4.72 Å². The molecule has 1 rings (SSSR count). The molecule has 138 valence electrons. The minimum atomic E-state index is -3.67. The fourth-order valence-corrected chi connectivity index (χ4v) is 4.79. The van der Waals surface area contributed by atoms with Crippen LogP contribution in [0.15, 0.2) is 34.1 Å². The quantitative estimate of drug-likeness (QED) is 0.588. The molecule has 7 nitrogen and oxygen atoms in total. The van der Waals surface area contributed by atoms with Crippen LogP contribution in [0.2, 0.25) is 0 Å². The minimum absolute atomic E-state index is 0.0232. The summed E-state index contributed by atoms with van der Waals surface area (Å²) >= 11 is 0. The van der Waals surface area contributed by atoms with Crippen molar-refractivity contribution in [1.29, 1.82) is 0 Å². The van der Waals surface area contributed by atoms with Crippen LogP contribution < -0.4 is 4.72 Å². The number of nitrogens with zero attached hydrogens (tertiary/aromatic N) is 1. The summed E-state index contributed by atoms with van der Waals surface area (Å²) in [5.41, 5.74) is 0. The molecule has 9 heteroatoms. The Morgan fingerprint density at radius 2 is 1.46 bits per heavy atom. The zero-order valence-electron chi connectivity index (χ0n) is 14.4. The Labute approximate surface area is 145 Å². The lowest BCUT2D eigenvalue weighted by Crippen LogP contribution is -2.32. The Morgan fingerprint density at radius 1 is 0.958 bits per heavy atom. The van der Waals surface area contributed by atoms with Crippen LogP contribution in [0.5, 0.6) is 0 Å². The standard InChI is InChI=1S/C15H26N2O5S2/c1-4-11-17(12-5-2)24(20,21)15-8-6-14(7-9-15)23(18,19)16-10-13-22-3/h6-9,16H,4-5,10-13H2,1-3H3. The molecule has 0 spiro atoms. The van der Waals surface area contributed by atoms with Crippen molar-refractivity contribution in [2.24, 2.45) is 0 Å². The smallest absolute Gasteiger partial charge is 0.243 e. The SMILES string of the molecule is CCCN(CCC)S(=O)(=O)c1ccc(S(=O)(=O)NCCOC)cc1. The molecule has 1 aromatic rings. The molecule has 1 aromatic carbocycles. The topological polar surface area (TPSA) is 92.8 Å². The normalized spacial score (nSPS) is 12.7. The maximum atomic E-state index is 12.6. The second-order valence-corrected chi connectivity index (χ2v) is 8.97. The van der Waals surface area contributed by atoms with Gasteiger partial charge in [0.25, 0.3) is 0 Å². The predicted octanol–water partition coefficient (Wildman–Crippen LogP) is 1.42. The van der Waals surface area contributed by atoms with Crippen LogP contribution in [0.4, 0.5) is 0 Å². The van der Waals surface area contributed by atoms with E-state index in [9.17, 15) is 16.8 Å². The number of ether oxygens (including phenoxy) is 1. The number of nitrogens with one attached hydrogen (secondary N) is 1. The first-order valence-electron chi connectivity index (χ1n) is 7.88. The molecule has 0 aromatic heterocycles. The second-order valence-electron chi connectivity index (χ2n) is 5.27. The first-order chi connectivity index (χ1) is 11.3. The molecule has 0 amide bonds. The first-order valence-corrected chi connectivity index (χ1v) is 10.8. The van der Waals surface area contributed by atoms with Crippen molar-refractivity contribution in [2.75, 3.05) is 33.4 Å². The Bertz CT molecular complexity index is 694. The van der Waals surface area contributed by atoms with Gasteiger partial charge in [0.2, 0.25) is 20.0 Å². The molecular weight excluding hydrogens is 352 g/mol. The largest absolute Gasteiger partial charge is 0.383 e. The van der Waals surface area contributed by atoms with Crippen LogP contribution in [0, 0.1) is 0 Å². The Balaban J connectivity index is 3.01. The summed E-state index contributed by atoms with van der Waals surface area (Å²) in [5.74, 6) is 0. The van der Waals surface area contributed by atoms with Crippen LogP contribution in [0.3, 0.4) is 0 Å². The average molecular weight is 379 g/mol. The van der Waals surface area contributed by atoms with E-state index in [0.29, 0.717) is 13.1 Å². The summed E-state index contributed by atoms with van der Waals surface area (Å²) in [6, 6.07) is 5.27. The van der Waals surface area contributed by atoms with Crippen molar-refractivity contribution >= 4 is 20.0 Å². The van der Waals surface area contributed by atoms with E-state index >= 15 is 0 Å². The summed E-state index contributed by atoms with van der Waals surface area (Å²) in [6.07, 6.45) is 1.43. The third-order valence-electron chi connectivity index (χ3n) is 3.32. The van der Waals surface area contributed by atoms with Gasteiger partial charge in [-0.2, -0.15) is 4.31 Å². The fraction of sp³-hybridized carbons (Fsp3) is 0.600. The maximum absolute atomic E-state index is 12.6. The van der Waals surface area contributed by atoms with Crippen molar-refractivity contribution in [1.82, 2.24) is 9.03 Å². The number of rotatable bonds is 11. The molecule has 0 aliphatic rings. The van der Waals surface area contributed by atoms with Crippen LogP contribution in [-0.2, 0) is 24.8 Å². The Hall–Kier alpha value is -1.00. The molecular formula is C15H26N2O5S2. The fourth-order valence-electron chi connectivity index (χ4n) is 2.15. The third kappa shape index (κ3) is 5.52. The van der Waals surface area contributed by atoms with Gasteiger partial charge in [0, 0.05) is 26.7 Å². The Morgan fingerprint density at radius 3 is 1.92 bits per heavy atom. The van der Waals surface area contributed by atoms with Gasteiger partial charge in [0.15, 0.2) is 0 Å². The van der Waals surface area contributed by atoms with Crippen molar-refractivity contribution in [2.45, 2.75) is 36.5 Å². The molecule has 24 heavy (non-hydrogen) atoms. The van der Waals surface area contributed by atoms with Gasteiger partial charge >= 0.3 is 0 Å². The highest BCUT2D eigenvalue weighted by molar-refractivity contribution is 7.89. The van der Waals surface area contributed by atoms with E-state index in [0.717, 1.165) is 12.8 Å². The van der Waals surface area contributed by atoms with E-state index in [4.69, 9.17) is 4.74 Å². The van der Waals surface area contributed by atoms with Crippen molar-refractivity contribution in [3.05, 3.63) is 24.3 Å². The van der Waals surface area contributed by atoms with E-state index < -0.39 is 20.0 Å². The van der Waals surface area contributed by atoms with Gasteiger partial charge in [0.1, 0.15) is 0 Å². The molecule has 1 N–H and O–H groups in total. The lowest BCUT2D eigenvalue weighted by atomic mass is 10.4. The van der Waals surface area contributed by atoms with Gasteiger partial charge in [-0.25, -0.2) is 21.6 Å². The molecule has 0 radical (unpaired) electrons. The number of hydrogen-bond acceptors (Lipinski definition) is 5. The minimum Gasteiger partial charge on any atom is -0.383 e. The van der Waals surface area contributed by atoms with Crippen LogP contribution in [0.25, 0.3) is 0 Å². The lowest BCUT2D eigenvalue weighted by molar-refractivity contribution is 0.204. The Kier molecular flexibility index (Phi) is 8.31. The van der Waals surface area contributed by atoms with E-state index in [-0.39, 0.29) is 22.9 Å². The van der Waals surface area contributed by atoms with Gasteiger partial charge in [-0.3, -0.25) is 0 Å². The van der Waals surface area contributed by atoms with Gasteiger partial charge in [-0.15, -0.1) is 0 Å². The van der Waals surface area contributed by atoms with Crippen LogP contribution in [0.1, 0.15) is 26.7 Å². The zero-order valence-corrected chi connectivity index (χ0v) is 16.0. The number of methoxy groups -OCH3 is 1. The molecule has 0 fully saturated rings. The molecule has 0 saturated carbocycles. The molecule has 0 aliphatic heterocycles. The van der Waals surface area contributed by atoms with Crippen molar-refractivity contribution in [3.63, 3.8) is 0 Å². The highest BCUT2D eigenvalue weighted by Gasteiger charge is 2.23. The van der Waals surface area contributed by atoms with Gasteiger partial charge in [-0.1, -0.05) is 13.8 Å². The van der Waals surface area contributed by atoms with Crippen molar-refractivity contribution < 1.29 is 21.6 Å². The third-order valence-corrected chi connectivity index (χ3v) is 6.71. The van der Waals surface area contributed by atoms with Gasteiger partial charge < -0.3 is 4.74 Å². The second kappa shape index (κ2) is 9.47.